The van der Waals surface area contributed by atoms with Gasteiger partial charge in [0, 0.05) is 41.0 Å². The zero-order valence-corrected chi connectivity index (χ0v) is 9.88. The highest BCUT2D eigenvalue weighted by Gasteiger charge is 2.21. The van der Waals surface area contributed by atoms with Crippen LogP contribution in [-0.4, -0.2) is 46.3 Å². The van der Waals surface area contributed by atoms with Crippen molar-refractivity contribution in [1.29, 1.82) is 0 Å². The Labute approximate surface area is 91.0 Å². The largest absolute Gasteiger partial charge is 0.355 e. The number of nitrogens with one attached hydrogen (secondary N) is 2. The number of carbonyl (C=O) groups excluding carboxylic acids is 1. The van der Waals surface area contributed by atoms with Crippen LogP contribution in [0.15, 0.2) is 0 Å². The van der Waals surface area contributed by atoms with Crippen LogP contribution in [-0.2, 0) is 15.6 Å². The highest BCUT2D eigenvalue weighted by Crippen LogP contribution is 2.08. The van der Waals surface area contributed by atoms with Crippen molar-refractivity contribution >= 4 is 28.5 Å². The third-order valence-corrected chi connectivity index (χ3v) is 3.74. The van der Waals surface area contributed by atoms with E-state index in [1.807, 2.05) is 0 Å². The summed E-state index contributed by atoms with van der Waals surface area (Å²) >= 11 is 1.73. The van der Waals surface area contributed by atoms with E-state index >= 15 is 0 Å². The summed E-state index contributed by atoms with van der Waals surface area (Å²) in [5, 5.41) is 5.93. The summed E-state index contributed by atoms with van der Waals surface area (Å²) in [6, 6.07) is -0.0351. The molecule has 2 unspecified atom stereocenters. The third-order valence-electron chi connectivity index (χ3n) is 1.94. The van der Waals surface area contributed by atoms with Crippen molar-refractivity contribution in [2.75, 3.05) is 30.2 Å². The van der Waals surface area contributed by atoms with Gasteiger partial charge in [0.05, 0.1) is 6.04 Å². The lowest BCUT2D eigenvalue weighted by atomic mass is 10.3. The van der Waals surface area contributed by atoms with E-state index in [0.29, 0.717) is 12.3 Å². The van der Waals surface area contributed by atoms with Gasteiger partial charge in [-0.25, -0.2) is 0 Å². The van der Waals surface area contributed by atoms with Gasteiger partial charge >= 0.3 is 0 Å². The second-order valence-corrected chi connectivity index (χ2v) is 5.78. The van der Waals surface area contributed by atoms with Crippen molar-refractivity contribution in [2.24, 2.45) is 0 Å². The molecule has 1 saturated heterocycles. The Bertz CT molecular complexity index is 217. The first-order valence-corrected chi connectivity index (χ1v) is 7.47. The fraction of sp³-hybridized carbons (Fsp3) is 0.875. The molecule has 2 N–H and O–H groups in total. The lowest BCUT2D eigenvalue weighted by Crippen LogP contribution is -2.42. The predicted molar refractivity (Wildman–Crippen MR) is 60.8 cm³/mol. The monoisotopic (exact) mass is 236 g/mol. The van der Waals surface area contributed by atoms with Crippen molar-refractivity contribution in [3.8, 4) is 0 Å². The normalized spacial score (nSPS) is 23.4. The number of amides is 1. The molecule has 0 aliphatic carbocycles. The summed E-state index contributed by atoms with van der Waals surface area (Å²) in [6.07, 6.45) is 2.46. The van der Waals surface area contributed by atoms with Gasteiger partial charge < -0.3 is 5.32 Å². The van der Waals surface area contributed by atoms with Crippen molar-refractivity contribution in [3.63, 3.8) is 0 Å². The molecule has 0 bridgehead atoms. The second kappa shape index (κ2) is 6.42. The molecule has 2 atom stereocenters. The summed E-state index contributed by atoms with van der Waals surface area (Å²) in [7, 11) is -0.753. The summed E-state index contributed by atoms with van der Waals surface area (Å²) < 4.78 is 10.7. The predicted octanol–water partition coefficient (Wildman–Crippen LogP) is -0.466. The Hall–Kier alpha value is -0.0700. The Morgan fingerprint density at radius 1 is 1.71 bits per heavy atom. The van der Waals surface area contributed by atoms with Crippen LogP contribution in [0.1, 0.15) is 6.42 Å². The third kappa shape index (κ3) is 4.43. The maximum atomic E-state index is 11.4. The zero-order valence-electron chi connectivity index (χ0n) is 8.25. The van der Waals surface area contributed by atoms with Crippen molar-refractivity contribution in [2.45, 2.75) is 12.5 Å². The van der Waals surface area contributed by atoms with Crippen LogP contribution in [0.4, 0.5) is 0 Å². The Morgan fingerprint density at radius 2 is 2.50 bits per heavy atom. The molecule has 0 aromatic carbocycles. The highest BCUT2D eigenvalue weighted by atomic mass is 32.2. The van der Waals surface area contributed by atoms with Crippen LogP contribution in [0.5, 0.6) is 0 Å². The van der Waals surface area contributed by atoms with Crippen LogP contribution >= 0.6 is 11.8 Å². The second-order valence-electron chi connectivity index (χ2n) is 3.19. The molecule has 1 aliphatic rings. The lowest BCUT2D eigenvalue weighted by molar-refractivity contribution is -0.122. The van der Waals surface area contributed by atoms with Crippen LogP contribution < -0.4 is 10.6 Å². The van der Waals surface area contributed by atoms with E-state index in [4.69, 9.17) is 0 Å². The highest BCUT2D eigenvalue weighted by molar-refractivity contribution is 7.99. The van der Waals surface area contributed by atoms with Gasteiger partial charge in [0.2, 0.25) is 5.91 Å². The van der Waals surface area contributed by atoms with Crippen molar-refractivity contribution in [1.82, 2.24) is 10.6 Å². The Kier molecular flexibility index (Phi) is 5.50. The quantitative estimate of drug-likeness (QED) is 0.634. The zero-order chi connectivity index (χ0) is 10.4. The minimum Gasteiger partial charge on any atom is -0.355 e. The molecule has 6 heteroatoms. The number of thioether (sulfide) groups is 1. The molecule has 0 spiro atoms. The van der Waals surface area contributed by atoms with E-state index < -0.39 is 10.8 Å². The van der Waals surface area contributed by atoms with Gasteiger partial charge in [0.1, 0.15) is 0 Å². The first-order valence-electron chi connectivity index (χ1n) is 4.59. The number of carbonyl (C=O) groups is 1. The fourth-order valence-electron chi connectivity index (χ4n) is 1.17. The number of hydrogen-bond acceptors (Lipinski definition) is 4. The molecule has 1 rings (SSSR count). The topological polar surface area (TPSA) is 58.2 Å². The first-order chi connectivity index (χ1) is 6.70. The molecule has 0 saturated carbocycles. The van der Waals surface area contributed by atoms with Gasteiger partial charge in [-0.3, -0.25) is 14.3 Å². The van der Waals surface area contributed by atoms with E-state index in [9.17, 15) is 9.00 Å². The standard InChI is InChI=1S/C8H16N2O2S2/c1-14(12)4-2-3-9-8(11)7-5-13-6-10-7/h7,10H,2-6H2,1H3,(H,9,11). The minimum atomic E-state index is -0.753. The first kappa shape index (κ1) is 12.0. The molecular weight excluding hydrogens is 220 g/mol. The van der Waals surface area contributed by atoms with E-state index in [1.54, 1.807) is 18.0 Å². The molecule has 1 fully saturated rings. The fourth-order valence-corrected chi connectivity index (χ4v) is 2.67. The molecule has 4 nitrogen and oxygen atoms in total. The maximum absolute atomic E-state index is 11.4. The summed E-state index contributed by atoms with van der Waals surface area (Å²) in [6.45, 7) is 0.626. The van der Waals surface area contributed by atoms with Gasteiger partial charge in [0.25, 0.3) is 0 Å². The van der Waals surface area contributed by atoms with Gasteiger partial charge in [-0.15, -0.1) is 11.8 Å². The summed E-state index contributed by atoms with van der Waals surface area (Å²) in [4.78, 5) is 11.4. The summed E-state index contributed by atoms with van der Waals surface area (Å²) in [5.74, 6) is 2.44. The molecule has 14 heavy (non-hydrogen) atoms. The number of rotatable bonds is 5. The summed E-state index contributed by atoms with van der Waals surface area (Å²) in [5.41, 5.74) is 0. The van der Waals surface area contributed by atoms with Crippen LogP contribution in [0.25, 0.3) is 0 Å². The smallest absolute Gasteiger partial charge is 0.238 e. The number of hydrogen-bond donors (Lipinski definition) is 2. The molecule has 0 aromatic rings. The van der Waals surface area contributed by atoms with Gasteiger partial charge in [-0.1, -0.05) is 0 Å². The molecular formula is C8H16N2O2S2. The van der Waals surface area contributed by atoms with E-state index in [0.717, 1.165) is 18.1 Å². The lowest BCUT2D eigenvalue weighted by Gasteiger charge is -2.09. The van der Waals surface area contributed by atoms with Crippen LogP contribution in [0, 0.1) is 0 Å². The minimum absolute atomic E-state index is 0.0351. The van der Waals surface area contributed by atoms with Gasteiger partial charge in [-0.2, -0.15) is 0 Å². The van der Waals surface area contributed by atoms with E-state index in [2.05, 4.69) is 10.6 Å². The van der Waals surface area contributed by atoms with Gasteiger partial charge in [-0.05, 0) is 6.42 Å². The van der Waals surface area contributed by atoms with E-state index in [1.165, 1.54) is 0 Å². The SMILES string of the molecule is CS(=O)CCCNC(=O)C1CSCN1. The van der Waals surface area contributed by atoms with Crippen LogP contribution in [0.3, 0.4) is 0 Å². The average Bonchev–Trinajstić information content (AvgIpc) is 2.64. The molecule has 0 radical (unpaired) electrons. The molecule has 0 aromatic heterocycles. The molecule has 1 heterocycles. The van der Waals surface area contributed by atoms with Crippen LogP contribution in [0.2, 0.25) is 0 Å². The van der Waals surface area contributed by atoms with Crippen molar-refractivity contribution < 1.29 is 9.00 Å². The molecule has 82 valence electrons. The van der Waals surface area contributed by atoms with Gasteiger partial charge in [0.15, 0.2) is 0 Å². The molecule has 1 amide bonds. The van der Waals surface area contributed by atoms with E-state index in [-0.39, 0.29) is 11.9 Å². The van der Waals surface area contributed by atoms with Crippen molar-refractivity contribution in [3.05, 3.63) is 0 Å². The average molecular weight is 236 g/mol. The molecule has 1 aliphatic heterocycles. The maximum Gasteiger partial charge on any atom is 0.238 e. The Balaban J connectivity index is 2.05. The Morgan fingerprint density at radius 3 is 3.07 bits per heavy atom.